The molecule has 2 aromatic carbocycles. The van der Waals surface area contributed by atoms with Crippen LogP contribution in [0, 0.1) is 6.92 Å². The van der Waals surface area contributed by atoms with Crippen LogP contribution in [0.4, 0.5) is 11.4 Å². The number of hydrogen-bond acceptors (Lipinski definition) is 4. The smallest absolute Gasteiger partial charge is 0.341 e. The van der Waals surface area contributed by atoms with Gasteiger partial charge in [-0.15, -0.1) is 0 Å². The van der Waals surface area contributed by atoms with E-state index in [0.29, 0.717) is 21.3 Å². The molecular formula is C19H16Cl2N2O2. The highest BCUT2D eigenvalue weighted by Gasteiger charge is 2.18. The van der Waals surface area contributed by atoms with Gasteiger partial charge in [-0.2, -0.15) is 0 Å². The van der Waals surface area contributed by atoms with E-state index in [0.717, 1.165) is 22.2 Å². The highest BCUT2D eigenvalue weighted by Crippen LogP contribution is 2.33. The van der Waals surface area contributed by atoms with Gasteiger partial charge in [0.25, 0.3) is 0 Å². The molecule has 1 N–H and O–H groups in total. The van der Waals surface area contributed by atoms with E-state index in [1.54, 1.807) is 19.1 Å². The van der Waals surface area contributed by atoms with Crippen LogP contribution in [0.3, 0.4) is 0 Å². The zero-order valence-corrected chi connectivity index (χ0v) is 15.3. The van der Waals surface area contributed by atoms with Gasteiger partial charge in [0.1, 0.15) is 5.56 Å². The number of nitrogens with zero attached hydrogens (tertiary/aromatic N) is 1. The quantitative estimate of drug-likeness (QED) is 0.588. The summed E-state index contributed by atoms with van der Waals surface area (Å²) in [5.41, 5.74) is 3.34. The summed E-state index contributed by atoms with van der Waals surface area (Å²) < 4.78 is 5.16. The fourth-order valence-electron chi connectivity index (χ4n) is 2.54. The molecule has 0 aliphatic carbocycles. The molecule has 0 saturated heterocycles. The number of esters is 1. The number of carbonyl (C=O) groups excluding carboxylic acids is 1. The molecule has 0 aliphatic heterocycles. The van der Waals surface area contributed by atoms with E-state index in [9.17, 15) is 4.79 Å². The van der Waals surface area contributed by atoms with Gasteiger partial charge in [0.2, 0.25) is 0 Å². The summed E-state index contributed by atoms with van der Waals surface area (Å²) in [6.45, 7) is 3.95. The summed E-state index contributed by atoms with van der Waals surface area (Å²) >= 11 is 12.4. The van der Waals surface area contributed by atoms with Gasteiger partial charge in [-0.1, -0.05) is 29.3 Å². The number of carbonyl (C=O) groups is 1. The predicted molar refractivity (Wildman–Crippen MR) is 102 cm³/mol. The Morgan fingerprint density at radius 3 is 2.80 bits per heavy atom. The van der Waals surface area contributed by atoms with Crippen LogP contribution in [-0.4, -0.2) is 17.6 Å². The summed E-state index contributed by atoms with van der Waals surface area (Å²) in [6, 6.07) is 10.9. The Bertz CT molecular complexity index is 958. The molecule has 4 nitrogen and oxygen atoms in total. The standard InChI is InChI=1S/C19H16Cl2N2O2/c1-3-25-19(24)14-10-22-17-8-7-12(20)9-13(17)18(14)23-16-6-4-5-15(21)11(16)2/h4-10H,3H2,1-2H3,(H,22,23). The number of pyridine rings is 1. The number of fused-ring (bicyclic) bond motifs is 1. The lowest BCUT2D eigenvalue weighted by Gasteiger charge is -2.16. The van der Waals surface area contributed by atoms with Crippen LogP contribution in [0.25, 0.3) is 10.9 Å². The molecule has 1 heterocycles. The van der Waals surface area contributed by atoms with Crippen LogP contribution < -0.4 is 5.32 Å². The zero-order valence-electron chi connectivity index (χ0n) is 13.8. The van der Waals surface area contributed by atoms with Crippen LogP contribution in [0.1, 0.15) is 22.8 Å². The molecule has 0 saturated carbocycles. The minimum Gasteiger partial charge on any atom is -0.462 e. The Balaban J connectivity index is 2.21. The topological polar surface area (TPSA) is 51.2 Å². The normalized spacial score (nSPS) is 10.7. The first-order valence-electron chi connectivity index (χ1n) is 7.78. The van der Waals surface area contributed by atoms with Crippen molar-refractivity contribution in [3.05, 3.63) is 63.8 Å². The lowest BCUT2D eigenvalue weighted by atomic mass is 10.1. The Labute approximate surface area is 155 Å². The molecule has 3 rings (SSSR count). The Hall–Kier alpha value is -2.30. The Morgan fingerprint density at radius 2 is 2.04 bits per heavy atom. The van der Waals surface area contributed by atoms with E-state index in [1.165, 1.54) is 6.20 Å². The van der Waals surface area contributed by atoms with E-state index < -0.39 is 5.97 Å². The van der Waals surface area contributed by atoms with Gasteiger partial charge in [0, 0.05) is 27.3 Å². The van der Waals surface area contributed by atoms with Crippen molar-refractivity contribution in [1.82, 2.24) is 4.98 Å². The maximum Gasteiger partial charge on any atom is 0.341 e. The molecule has 0 aliphatic rings. The first-order chi connectivity index (χ1) is 12.0. The summed E-state index contributed by atoms with van der Waals surface area (Å²) in [4.78, 5) is 16.7. The van der Waals surface area contributed by atoms with Crippen molar-refractivity contribution in [3.8, 4) is 0 Å². The maximum atomic E-state index is 12.4. The molecule has 1 aromatic heterocycles. The minimum absolute atomic E-state index is 0.280. The highest BCUT2D eigenvalue weighted by atomic mass is 35.5. The van der Waals surface area contributed by atoms with Gasteiger partial charge in [-0.25, -0.2) is 4.79 Å². The molecule has 6 heteroatoms. The number of rotatable bonds is 4. The average molecular weight is 375 g/mol. The Morgan fingerprint density at radius 1 is 1.24 bits per heavy atom. The number of ether oxygens (including phenoxy) is 1. The van der Waals surface area contributed by atoms with Gasteiger partial charge in [-0.05, 0) is 49.7 Å². The van der Waals surface area contributed by atoms with Crippen molar-refractivity contribution in [2.45, 2.75) is 13.8 Å². The SMILES string of the molecule is CCOC(=O)c1cnc2ccc(Cl)cc2c1Nc1cccc(Cl)c1C. The summed E-state index contributed by atoms with van der Waals surface area (Å²) in [6.07, 6.45) is 1.51. The molecule has 0 spiro atoms. The number of anilines is 2. The first kappa shape index (κ1) is 17.5. The van der Waals surface area contributed by atoms with Gasteiger partial charge in [-0.3, -0.25) is 4.98 Å². The second-order valence-electron chi connectivity index (χ2n) is 5.47. The van der Waals surface area contributed by atoms with Crippen molar-refractivity contribution in [2.24, 2.45) is 0 Å². The van der Waals surface area contributed by atoms with Gasteiger partial charge >= 0.3 is 5.97 Å². The Kier molecular flexibility index (Phi) is 5.11. The lowest BCUT2D eigenvalue weighted by molar-refractivity contribution is 0.0527. The highest BCUT2D eigenvalue weighted by molar-refractivity contribution is 6.32. The maximum absolute atomic E-state index is 12.4. The minimum atomic E-state index is -0.445. The molecular weight excluding hydrogens is 359 g/mol. The summed E-state index contributed by atoms with van der Waals surface area (Å²) in [5.74, 6) is -0.445. The second-order valence-corrected chi connectivity index (χ2v) is 6.31. The van der Waals surface area contributed by atoms with Crippen molar-refractivity contribution < 1.29 is 9.53 Å². The lowest BCUT2D eigenvalue weighted by Crippen LogP contribution is -2.09. The number of aromatic nitrogens is 1. The van der Waals surface area contributed by atoms with Crippen molar-refractivity contribution in [1.29, 1.82) is 0 Å². The molecule has 25 heavy (non-hydrogen) atoms. The number of halogens is 2. The molecule has 3 aromatic rings. The van der Waals surface area contributed by atoms with Gasteiger partial charge in [0.05, 0.1) is 17.8 Å². The number of hydrogen-bond donors (Lipinski definition) is 1. The van der Waals surface area contributed by atoms with Crippen LogP contribution >= 0.6 is 23.2 Å². The first-order valence-corrected chi connectivity index (χ1v) is 8.54. The van der Waals surface area contributed by atoms with Crippen LogP contribution in [0.5, 0.6) is 0 Å². The van der Waals surface area contributed by atoms with Crippen molar-refractivity contribution in [3.63, 3.8) is 0 Å². The molecule has 128 valence electrons. The van der Waals surface area contributed by atoms with Gasteiger partial charge in [0.15, 0.2) is 0 Å². The second kappa shape index (κ2) is 7.30. The van der Waals surface area contributed by atoms with E-state index >= 15 is 0 Å². The largest absolute Gasteiger partial charge is 0.462 e. The third kappa shape index (κ3) is 3.55. The van der Waals surface area contributed by atoms with Crippen LogP contribution in [0.2, 0.25) is 10.0 Å². The monoisotopic (exact) mass is 374 g/mol. The molecule has 0 fully saturated rings. The zero-order chi connectivity index (χ0) is 18.0. The van der Waals surface area contributed by atoms with Crippen LogP contribution in [0.15, 0.2) is 42.6 Å². The third-order valence-electron chi connectivity index (χ3n) is 3.85. The molecule has 0 amide bonds. The van der Waals surface area contributed by atoms with Gasteiger partial charge < -0.3 is 10.1 Å². The van der Waals surface area contributed by atoms with E-state index in [4.69, 9.17) is 27.9 Å². The molecule has 0 radical (unpaired) electrons. The fraction of sp³-hybridized carbons (Fsp3) is 0.158. The van der Waals surface area contributed by atoms with E-state index in [1.807, 2.05) is 31.2 Å². The van der Waals surface area contributed by atoms with E-state index in [2.05, 4.69) is 10.3 Å². The summed E-state index contributed by atoms with van der Waals surface area (Å²) in [5, 5.41) is 5.24. The van der Waals surface area contributed by atoms with Crippen LogP contribution in [-0.2, 0) is 4.74 Å². The molecule has 0 bridgehead atoms. The summed E-state index contributed by atoms with van der Waals surface area (Å²) in [7, 11) is 0. The van der Waals surface area contributed by atoms with Crippen molar-refractivity contribution >= 4 is 51.4 Å². The van der Waals surface area contributed by atoms with Crippen molar-refractivity contribution in [2.75, 3.05) is 11.9 Å². The van der Waals surface area contributed by atoms with E-state index in [-0.39, 0.29) is 6.61 Å². The number of benzene rings is 2. The molecule has 0 atom stereocenters. The molecule has 0 unspecified atom stereocenters. The predicted octanol–water partition coefficient (Wildman–Crippen LogP) is 5.77. The fourth-order valence-corrected chi connectivity index (χ4v) is 2.89. The average Bonchev–Trinajstić information content (AvgIpc) is 2.59. The number of nitrogens with one attached hydrogen (secondary N) is 1. The third-order valence-corrected chi connectivity index (χ3v) is 4.50.